The highest BCUT2D eigenvalue weighted by Gasteiger charge is 2.11. The predicted octanol–water partition coefficient (Wildman–Crippen LogP) is 4.81. The van der Waals surface area contributed by atoms with Gasteiger partial charge in [-0.05, 0) is 44.0 Å². The number of hydrogen-bond donors (Lipinski definition) is 2. The third kappa shape index (κ3) is 3.25. The molecule has 0 heterocycles. The molecule has 2 N–H and O–H groups in total. The lowest BCUT2D eigenvalue weighted by molar-refractivity contribution is 0.465. The van der Waals surface area contributed by atoms with Gasteiger partial charge in [0.2, 0.25) is 0 Å². The Hall–Kier alpha value is -1.14. The molecular formula is C13H9Br2F2NO. The summed E-state index contributed by atoms with van der Waals surface area (Å²) in [7, 11) is 0. The minimum absolute atomic E-state index is 0.0913. The van der Waals surface area contributed by atoms with Crippen LogP contribution in [-0.2, 0) is 6.54 Å². The van der Waals surface area contributed by atoms with Crippen molar-refractivity contribution in [2.24, 2.45) is 0 Å². The molecule has 2 rings (SSSR count). The molecule has 2 aromatic carbocycles. The molecule has 0 unspecified atom stereocenters. The van der Waals surface area contributed by atoms with Gasteiger partial charge >= 0.3 is 0 Å². The lowest BCUT2D eigenvalue weighted by Gasteiger charge is -2.11. The van der Waals surface area contributed by atoms with Crippen molar-refractivity contribution >= 4 is 37.5 Å². The van der Waals surface area contributed by atoms with Crippen molar-refractivity contribution in [3.8, 4) is 5.75 Å². The fourth-order valence-electron chi connectivity index (χ4n) is 1.60. The molecule has 0 aliphatic heterocycles. The molecule has 0 aliphatic carbocycles. The molecule has 0 fully saturated rings. The van der Waals surface area contributed by atoms with Gasteiger partial charge in [-0.2, -0.15) is 0 Å². The number of aromatic hydroxyl groups is 1. The summed E-state index contributed by atoms with van der Waals surface area (Å²) in [6.07, 6.45) is 0. The first-order valence-electron chi connectivity index (χ1n) is 5.34. The van der Waals surface area contributed by atoms with Crippen LogP contribution < -0.4 is 5.32 Å². The van der Waals surface area contributed by atoms with E-state index in [2.05, 4.69) is 37.2 Å². The summed E-state index contributed by atoms with van der Waals surface area (Å²) in [5, 5.41) is 12.6. The van der Waals surface area contributed by atoms with Gasteiger partial charge < -0.3 is 10.4 Å². The summed E-state index contributed by atoms with van der Waals surface area (Å²) >= 11 is 6.29. The van der Waals surface area contributed by atoms with E-state index in [1.54, 1.807) is 18.2 Å². The molecule has 0 saturated heterocycles. The minimum Gasteiger partial charge on any atom is -0.506 e. The van der Waals surface area contributed by atoms with E-state index in [4.69, 9.17) is 0 Å². The Morgan fingerprint density at radius 1 is 1.11 bits per heavy atom. The molecule has 19 heavy (non-hydrogen) atoms. The molecule has 0 atom stereocenters. The zero-order valence-corrected chi connectivity index (χ0v) is 12.7. The summed E-state index contributed by atoms with van der Waals surface area (Å²) in [5.41, 5.74) is 0.755. The molecule has 0 aromatic heterocycles. The van der Waals surface area contributed by atoms with Crippen LogP contribution in [0.15, 0.2) is 39.3 Å². The maximum absolute atomic E-state index is 13.6. The van der Waals surface area contributed by atoms with Gasteiger partial charge in [0, 0.05) is 22.6 Å². The van der Waals surface area contributed by atoms with Gasteiger partial charge in [0.05, 0.1) is 10.2 Å². The van der Waals surface area contributed by atoms with Crippen LogP contribution in [0.2, 0.25) is 0 Å². The summed E-state index contributed by atoms with van der Waals surface area (Å²) in [6, 6.07) is 7.15. The van der Waals surface area contributed by atoms with Crippen LogP contribution in [0, 0.1) is 11.6 Å². The Balaban J connectivity index is 2.22. The van der Waals surface area contributed by atoms with Crippen molar-refractivity contribution < 1.29 is 13.9 Å². The Morgan fingerprint density at radius 2 is 1.84 bits per heavy atom. The van der Waals surface area contributed by atoms with Gasteiger partial charge in [-0.15, -0.1) is 0 Å². The second-order valence-corrected chi connectivity index (χ2v) is 5.55. The molecule has 0 amide bonds. The second-order valence-electron chi connectivity index (χ2n) is 3.85. The molecule has 0 aliphatic rings. The number of hydrogen-bond acceptors (Lipinski definition) is 2. The van der Waals surface area contributed by atoms with E-state index < -0.39 is 11.6 Å². The summed E-state index contributed by atoms with van der Waals surface area (Å²) < 4.78 is 27.4. The second kappa shape index (κ2) is 5.88. The molecule has 0 bridgehead atoms. The SMILES string of the molecule is Oc1c(Br)cccc1CNc1c(F)cc(F)cc1Br. The number of anilines is 1. The van der Waals surface area contributed by atoms with Gasteiger partial charge in [0.25, 0.3) is 0 Å². The molecular weight excluding hydrogens is 384 g/mol. The first-order valence-corrected chi connectivity index (χ1v) is 6.92. The third-order valence-electron chi connectivity index (χ3n) is 2.53. The number of benzene rings is 2. The summed E-state index contributed by atoms with van der Waals surface area (Å²) in [6.45, 7) is 0.215. The lowest BCUT2D eigenvalue weighted by Crippen LogP contribution is -2.03. The quantitative estimate of drug-likeness (QED) is 0.785. The molecule has 2 aromatic rings. The topological polar surface area (TPSA) is 32.3 Å². The number of rotatable bonds is 3. The monoisotopic (exact) mass is 391 g/mol. The van der Waals surface area contributed by atoms with Crippen LogP contribution in [0.4, 0.5) is 14.5 Å². The van der Waals surface area contributed by atoms with E-state index in [1.807, 2.05) is 0 Å². The molecule has 0 radical (unpaired) electrons. The Labute approximate surface area is 125 Å². The van der Waals surface area contributed by atoms with Crippen molar-refractivity contribution in [3.63, 3.8) is 0 Å². The Kier molecular flexibility index (Phi) is 4.42. The zero-order chi connectivity index (χ0) is 14.0. The average Bonchev–Trinajstić information content (AvgIpc) is 2.33. The highest BCUT2D eigenvalue weighted by Crippen LogP contribution is 2.30. The Bertz CT molecular complexity index is 597. The number of phenols is 1. The van der Waals surface area contributed by atoms with E-state index in [0.717, 1.165) is 6.07 Å². The van der Waals surface area contributed by atoms with Gasteiger partial charge in [-0.3, -0.25) is 0 Å². The first kappa shape index (κ1) is 14.3. The van der Waals surface area contributed by atoms with Gasteiger partial charge in [-0.1, -0.05) is 12.1 Å². The first-order chi connectivity index (χ1) is 8.99. The van der Waals surface area contributed by atoms with Crippen LogP contribution in [0.1, 0.15) is 5.56 Å². The fraction of sp³-hybridized carbons (Fsp3) is 0.0769. The molecule has 0 saturated carbocycles. The normalized spacial score (nSPS) is 10.5. The van der Waals surface area contributed by atoms with Crippen molar-refractivity contribution in [2.45, 2.75) is 6.54 Å². The minimum atomic E-state index is -0.693. The van der Waals surface area contributed by atoms with Crippen LogP contribution in [-0.4, -0.2) is 5.11 Å². The third-order valence-corrected chi connectivity index (χ3v) is 3.80. The van der Waals surface area contributed by atoms with E-state index in [9.17, 15) is 13.9 Å². The van der Waals surface area contributed by atoms with E-state index in [1.165, 1.54) is 6.07 Å². The van der Waals surface area contributed by atoms with Crippen molar-refractivity contribution in [2.75, 3.05) is 5.32 Å². The number of para-hydroxylation sites is 1. The smallest absolute Gasteiger partial charge is 0.150 e. The van der Waals surface area contributed by atoms with E-state index >= 15 is 0 Å². The number of halogens is 4. The standard InChI is InChI=1S/C13H9Br2F2NO/c14-9-3-1-2-7(13(9)19)6-18-12-10(15)4-8(16)5-11(12)17/h1-5,18-19H,6H2. The fourth-order valence-corrected chi connectivity index (χ4v) is 2.55. The average molecular weight is 393 g/mol. The maximum atomic E-state index is 13.6. The maximum Gasteiger partial charge on any atom is 0.150 e. The molecule has 2 nitrogen and oxygen atoms in total. The van der Waals surface area contributed by atoms with Crippen LogP contribution in [0.3, 0.4) is 0 Å². The van der Waals surface area contributed by atoms with Crippen molar-refractivity contribution in [3.05, 3.63) is 56.5 Å². The van der Waals surface area contributed by atoms with Gasteiger partial charge in [0.1, 0.15) is 17.4 Å². The van der Waals surface area contributed by atoms with Crippen LogP contribution in [0.25, 0.3) is 0 Å². The predicted molar refractivity (Wildman–Crippen MR) is 77.2 cm³/mol. The van der Waals surface area contributed by atoms with Crippen molar-refractivity contribution in [1.29, 1.82) is 0 Å². The summed E-state index contributed by atoms with van der Waals surface area (Å²) in [5.74, 6) is -1.25. The molecule has 6 heteroatoms. The van der Waals surface area contributed by atoms with Crippen LogP contribution in [0.5, 0.6) is 5.75 Å². The highest BCUT2D eigenvalue weighted by molar-refractivity contribution is 9.11. The van der Waals surface area contributed by atoms with Gasteiger partial charge in [0.15, 0.2) is 0 Å². The van der Waals surface area contributed by atoms with Crippen molar-refractivity contribution in [1.82, 2.24) is 0 Å². The van der Waals surface area contributed by atoms with Crippen LogP contribution >= 0.6 is 31.9 Å². The largest absolute Gasteiger partial charge is 0.506 e. The Morgan fingerprint density at radius 3 is 2.53 bits per heavy atom. The van der Waals surface area contributed by atoms with E-state index in [-0.39, 0.29) is 18.0 Å². The number of nitrogens with one attached hydrogen (secondary N) is 1. The van der Waals surface area contributed by atoms with E-state index in [0.29, 0.717) is 14.5 Å². The zero-order valence-electron chi connectivity index (χ0n) is 9.55. The van der Waals surface area contributed by atoms with Gasteiger partial charge in [-0.25, -0.2) is 8.78 Å². The molecule has 0 spiro atoms. The highest BCUT2D eigenvalue weighted by atomic mass is 79.9. The number of phenolic OH excluding ortho intramolecular Hbond substituents is 1. The molecule has 100 valence electrons. The summed E-state index contributed by atoms with van der Waals surface area (Å²) in [4.78, 5) is 0. The lowest BCUT2D eigenvalue weighted by atomic mass is 10.2.